The van der Waals surface area contributed by atoms with Crippen LogP contribution in [0.5, 0.6) is 0 Å². The lowest BCUT2D eigenvalue weighted by atomic mass is 10.3. The van der Waals surface area contributed by atoms with Crippen molar-refractivity contribution in [1.82, 2.24) is 4.90 Å². The molecule has 1 atom stereocenters. The zero-order valence-electron chi connectivity index (χ0n) is 10.2. The van der Waals surface area contributed by atoms with Crippen LogP contribution in [-0.4, -0.2) is 33.4 Å². The molecule has 0 saturated carbocycles. The number of alkyl halides is 3. The van der Waals surface area contributed by atoms with Crippen molar-refractivity contribution < 1.29 is 9.18 Å². The van der Waals surface area contributed by atoms with Gasteiger partial charge in [0, 0.05) is 7.05 Å². The van der Waals surface area contributed by atoms with Gasteiger partial charge in [0.1, 0.15) is 11.2 Å². The highest BCUT2D eigenvalue weighted by Gasteiger charge is 2.37. The van der Waals surface area contributed by atoms with Crippen molar-refractivity contribution in [1.29, 1.82) is 0 Å². The number of carbonyl (C=O) groups is 1. The molecule has 0 radical (unpaired) electrons. The Bertz CT molecular complexity index is 456. The summed E-state index contributed by atoms with van der Waals surface area (Å²) in [5.74, 6) is -0.529. The third-order valence-corrected chi connectivity index (χ3v) is 4.42. The fraction of sp³-hybridized carbons (Fsp3) is 0.364. The van der Waals surface area contributed by atoms with E-state index in [0.717, 1.165) is 0 Å². The Morgan fingerprint density at radius 3 is 2.47 bits per heavy atom. The van der Waals surface area contributed by atoms with Crippen LogP contribution in [0.4, 0.5) is 14.9 Å². The molecule has 2 amide bonds. The monoisotopic (exact) mass is 344 g/mol. The van der Waals surface area contributed by atoms with E-state index in [4.69, 9.17) is 34.8 Å². The number of nitrogens with one attached hydrogen (secondary N) is 1. The molecule has 8 heteroatoms. The van der Waals surface area contributed by atoms with Gasteiger partial charge in [-0.15, -0.1) is 11.8 Å². The van der Waals surface area contributed by atoms with E-state index in [9.17, 15) is 9.18 Å². The maximum atomic E-state index is 13.4. The highest BCUT2D eigenvalue weighted by molar-refractivity contribution is 7.99. The first-order valence-electron chi connectivity index (χ1n) is 5.15. The summed E-state index contributed by atoms with van der Waals surface area (Å²) in [5, 5.41) is 1.73. The van der Waals surface area contributed by atoms with Gasteiger partial charge in [0.2, 0.25) is 3.79 Å². The van der Waals surface area contributed by atoms with E-state index in [2.05, 4.69) is 5.32 Å². The lowest BCUT2D eigenvalue weighted by Crippen LogP contribution is -2.44. The number of anilines is 1. The van der Waals surface area contributed by atoms with E-state index in [1.165, 1.54) is 41.9 Å². The Morgan fingerprint density at radius 2 is 2.00 bits per heavy atom. The molecule has 0 heterocycles. The van der Waals surface area contributed by atoms with Crippen LogP contribution in [0.2, 0.25) is 0 Å². The number of hydrogen-bond donors (Lipinski definition) is 1. The first-order chi connectivity index (χ1) is 8.77. The SMILES string of the molecule is CSC(N(C)C(=O)Nc1ccccc1F)C(Cl)(Cl)Cl. The highest BCUT2D eigenvalue weighted by Crippen LogP contribution is 2.38. The van der Waals surface area contributed by atoms with E-state index >= 15 is 0 Å². The van der Waals surface area contributed by atoms with Crippen molar-refractivity contribution >= 4 is 58.3 Å². The van der Waals surface area contributed by atoms with Gasteiger partial charge in [-0.25, -0.2) is 9.18 Å². The Labute approximate surface area is 130 Å². The van der Waals surface area contributed by atoms with Crippen LogP contribution in [0.1, 0.15) is 0 Å². The van der Waals surface area contributed by atoms with E-state index in [0.29, 0.717) is 0 Å². The minimum atomic E-state index is -1.64. The van der Waals surface area contributed by atoms with Crippen LogP contribution in [0, 0.1) is 5.82 Å². The lowest BCUT2D eigenvalue weighted by molar-refractivity contribution is 0.219. The summed E-state index contributed by atoms with van der Waals surface area (Å²) < 4.78 is 11.8. The van der Waals surface area contributed by atoms with Crippen LogP contribution in [0.15, 0.2) is 24.3 Å². The van der Waals surface area contributed by atoms with Crippen LogP contribution >= 0.6 is 46.6 Å². The number of urea groups is 1. The van der Waals surface area contributed by atoms with E-state index in [-0.39, 0.29) is 5.69 Å². The quantitative estimate of drug-likeness (QED) is 0.652. The van der Waals surface area contributed by atoms with Gasteiger partial charge >= 0.3 is 6.03 Å². The van der Waals surface area contributed by atoms with Gasteiger partial charge in [-0.3, -0.25) is 0 Å². The first kappa shape index (κ1) is 16.7. The summed E-state index contributed by atoms with van der Waals surface area (Å²) in [4.78, 5) is 13.2. The Kier molecular flexibility index (Phi) is 6.05. The third kappa shape index (κ3) is 4.60. The molecule has 0 aliphatic carbocycles. The normalized spacial score (nSPS) is 12.9. The minimum Gasteiger partial charge on any atom is -0.311 e. The molecule has 0 aliphatic rings. The average Bonchev–Trinajstić information content (AvgIpc) is 2.31. The van der Waals surface area contributed by atoms with Crippen LogP contribution in [0.3, 0.4) is 0 Å². The topological polar surface area (TPSA) is 32.3 Å². The summed E-state index contributed by atoms with van der Waals surface area (Å²) in [6, 6.07) is 5.28. The number of halogens is 4. The number of rotatable bonds is 3. The van der Waals surface area contributed by atoms with E-state index in [1.54, 1.807) is 12.3 Å². The number of hydrogen-bond acceptors (Lipinski definition) is 2. The fourth-order valence-electron chi connectivity index (χ4n) is 1.38. The molecule has 0 saturated heterocycles. The summed E-state index contributed by atoms with van der Waals surface area (Å²) in [6.07, 6.45) is 1.71. The number of nitrogens with zero attached hydrogens (tertiary/aromatic N) is 1. The van der Waals surface area contributed by atoms with Gasteiger partial charge in [-0.05, 0) is 18.4 Å². The second-order valence-corrected chi connectivity index (χ2v) is 6.94. The number of thioether (sulfide) groups is 1. The summed E-state index contributed by atoms with van der Waals surface area (Å²) in [5.41, 5.74) is 0.0727. The number of carbonyl (C=O) groups excluding carboxylic acids is 1. The standard InChI is InChI=1S/C11H12Cl3FN2OS/c1-17(9(19-2)11(12,13)14)10(18)16-8-6-4-3-5-7(8)15/h3-6,9H,1-2H3,(H,16,18). The second-order valence-electron chi connectivity index (χ2n) is 3.65. The van der Waals surface area contributed by atoms with Crippen molar-refractivity contribution in [3.63, 3.8) is 0 Å². The number of amides is 2. The van der Waals surface area contributed by atoms with Gasteiger partial charge in [-0.1, -0.05) is 46.9 Å². The molecule has 0 aliphatic heterocycles. The van der Waals surface area contributed by atoms with Crippen molar-refractivity contribution in [3.8, 4) is 0 Å². The molecule has 3 nitrogen and oxygen atoms in total. The van der Waals surface area contributed by atoms with Gasteiger partial charge in [-0.2, -0.15) is 0 Å². The van der Waals surface area contributed by atoms with Crippen LogP contribution < -0.4 is 5.32 Å². The molecule has 0 aromatic heterocycles. The Balaban J connectivity index is 2.81. The van der Waals surface area contributed by atoms with Crippen molar-refractivity contribution in [2.45, 2.75) is 9.17 Å². The molecule has 1 N–H and O–H groups in total. The predicted octanol–water partition coefficient (Wildman–Crippen LogP) is 4.35. The van der Waals surface area contributed by atoms with Crippen molar-refractivity contribution in [3.05, 3.63) is 30.1 Å². The first-order valence-corrected chi connectivity index (χ1v) is 7.57. The minimum absolute atomic E-state index is 0.0727. The summed E-state index contributed by atoms with van der Waals surface area (Å²) >= 11 is 18.6. The molecule has 1 aromatic rings. The molecular formula is C11H12Cl3FN2OS. The van der Waals surface area contributed by atoms with E-state index < -0.39 is 21.0 Å². The van der Waals surface area contributed by atoms with Gasteiger partial charge in [0.05, 0.1) is 5.69 Å². The van der Waals surface area contributed by atoms with Gasteiger partial charge in [0.25, 0.3) is 0 Å². The van der Waals surface area contributed by atoms with Gasteiger partial charge < -0.3 is 10.2 Å². The molecule has 1 unspecified atom stereocenters. The summed E-state index contributed by atoms with van der Waals surface area (Å²) in [7, 11) is 1.47. The third-order valence-electron chi connectivity index (χ3n) is 2.29. The van der Waals surface area contributed by atoms with E-state index in [1.807, 2.05) is 0 Å². The van der Waals surface area contributed by atoms with Gasteiger partial charge in [0.15, 0.2) is 0 Å². The molecule has 0 bridgehead atoms. The fourth-order valence-corrected chi connectivity index (χ4v) is 3.30. The summed E-state index contributed by atoms with van der Waals surface area (Å²) in [6.45, 7) is 0. The molecular weight excluding hydrogens is 334 g/mol. The second kappa shape index (κ2) is 6.88. The molecule has 0 fully saturated rings. The largest absolute Gasteiger partial charge is 0.322 e. The Morgan fingerprint density at radius 1 is 1.42 bits per heavy atom. The zero-order valence-corrected chi connectivity index (χ0v) is 13.2. The smallest absolute Gasteiger partial charge is 0.311 e. The maximum absolute atomic E-state index is 13.4. The predicted molar refractivity (Wildman–Crippen MR) is 80.8 cm³/mol. The molecule has 106 valence electrons. The Hall–Kier alpha value is -0.360. The zero-order chi connectivity index (χ0) is 14.6. The number of para-hydroxylation sites is 1. The molecule has 1 aromatic carbocycles. The van der Waals surface area contributed by atoms with Crippen LogP contribution in [0.25, 0.3) is 0 Å². The molecule has 1 rings (SSSR count). The highest BCUT2D eigenvalue weighted by atomic mass is 35.6. The lowest BCUT2D eigenvalue weighted by Gasteiger charge is -2.31. The number of benzene rings is 1. The molecule has 0 spiro atoms. The van der Waals surface area contributed by atoms with Crippen molar-refractivity contribution in [2.75, 3.05) is 18.6 Å². The maximum Gasteiger partial charge on any atom is 0.322 e. The molecule has 19 heavy (non-hydrogen) atoms. The van der Waals surface area contributed by atoms with Crippen LogP contribution in [-0.2, 0) is 0 Å². The average molecular weight is 346 g/mol. The van der Waals surface area contributed by atoms with Crippen molar-refractivity contribution in [2.24, 2.45) is 0 Å².